The van der Waals surface area contributed by atoms with Gasteiger partial charge in [0.1, 0.15) is 0 Å². The minimum absolute atomic E-state index is 0.00767. The molecule has 1 amide bonds. The van der Waals surface area contributed by atoms with Crippen LogP contribution in [0.5, 0.6) is 0 Å². The quantitative estimate of drug-likeness (QED) is 0.0320. The smallest absolute Gasteiger partial charge is 0.305 e. The molecule has 0 aromatic heterocycles. The summed E-state index contributed by atoms with van der Waals surface area (Å²) < 4.78 is 5.47. The van der Waals surface area contributed by atoms with Crippen LogP contribution in [-0.4, -0.2) is 47.4 Å². The second-order valence-corrected chi connectivity index (χ2v) is 23.9. The lowest BCUT2D eigenvalue weighted by molar-refractivity contribution is -0.143. The average molecular weight is 1080 g/mol. The molecule has 454 valence electrons. The van der Waals surface area contributed by atoms with Crippen molar-refractivity contribution in [3.05, 3.63) is 36.5 Å². The molecule has 0 aliphatic rings. The van der Waals surface area contributed by atoms with Crippen molar-refractivity contribution in [3.63, 3.8) is 0 Å². The zero-order chi connectivity index (χ0) is 55.7. The summed E-state index contributed by atoms with van der Waals surface area (Å²) in [6.45, 7) is 4.92. The zero-order valence-electron chi connectivity index (χ0n) is 52.0. The van der Waals surface area contributed by atoms with Crippen molar-refractivity contribution in [1.82, 2.24) is 5.32 Å². The van der Waals surface area contributed by atoms with Gasteiger partial charge in [0.2, 0.25) is 5.91 Å². The van der Waals surface area contributed by atoms with E-state index in [0.717, 1.165) is 57.8 Å². The molecule has 0 aromatic rings. The molecule has 77 heavy (non-hydrogen) atoms. The number of hydrogen-bond donors (Lipinski definition) is 3. The Labute approximate surface area is 481 Å². The van der Waals surface area contributed by atoms with Crippen molar-refractivity contribution in [2.45, 2.75) is 392 Å². The number of esters is 1. The predicted octanol–water partition coefficient (Wildman–Crippen LogP) is 22.3. The van der Waals surface area contributed by atoms with Gasteiger partial charge in [0.25, 0.3) is 0 Å². The molecule has 6 nitrogen and oxygen atoms in total. The lowest BCUT2D eigenvalue weighted by Gasteiger charge is -2.20. The molecular formula is C71H135NO5. The predicted molar refractivity (Wildman–Crippen MR) is 338 cm³/mol. The van der Waals surface area contributed by atoms with E-state index in [1.54, 1.807) is 6.08 Å². The van der Waals surface area contributed by atoms with Gasteiger partial charge >= 0.3 is 5.97 Å². The van der Waals surface area contributed by atoms with E-state index < -0.39 is 12.1 Å². The Hall–Kier alpha value is -1.92. The molecule has 0 bridgehead atoms. The Morgan fingerprint density at radius 1 is 0.364 bits per heavy atom. The molecule has 2 atom stereocenters. The van der Waals surface area contributed by atoms with Crippen LogP contribution in [-0.2, 0) is 14.3 Å². The highest BCUT2D eigenvalue weighted by atomic mass is 16.5. The molecule has 0 aliphatic carbocycles. The van der Waals surface area contributed by atoms with Gasteiger partial charge < -0.3 is 20.3 Å². The summed E-state index contributed by atoms with van der Waals surface area (Å²) in [5, 5.41) is 23.3. The van der Waals surface area contributed by atoms with Crippen LogP contribution in [0, 0.1) is 0 Å². The Kier molecular flexibility index (Phi) is 64.9. The molecule has 0 fully saturated rings. The van der Waals surface area contributed by atoms with E-state index in [4.69, 9.17) is 4.74 Å². The van der Waals surface area contributed by atoms with Gasteiger partial charge in [-0.1, -0.05) is 339 Å². The van der Waals surface area contributed by atoms with Crippen LogP contribution in [0.15, 0.2) is 36.5 Å². The SMILES string of the molecule is CCCCCCCCCCCCCCCCCCCCCCCCC/C=C/C(O)C(CO)NC(=O)CCCCCCCCC/C=C\C/C=C\CCCCCCCCCCCOC(=O)CCCCCCCCCCCCCC. The van der Waals surface area contributed by atoms with E-state index in [9.17, 15) is 19.8 Å². The zero-order valence-corrected chi connectivity index (χ0v) is 52.0. The molecule has 0 aliphatic heterocycles. The monoisotopic (exact) mass is 1080 g/mol. The number of ether oxygens (including phenoxy) is 1. The van der Waals surface area contributed by atoms with Crippen molar-refractivity contribution in [2.75, 3.05) is 13.2 Å². The van der Waals surface area contributed by atoms with Gasteiger partial charge in [-0.3, -0.25) is 9.59 Å². The largest absolute Gasteiger partial charge is 0.466 e. The molecule has 0 rings (SSSR count). The molecular weight excluding hydrogens is 947 g/mol. The standard InChI is InChI=1S/C71H135NO5/c1-3-5-7-9-11-13-15-17-18-19-20-21-22-23-25-28-31-34-37-40-43-47-51-55-59-63-69(74)68(67-73)72-70(75)64-60-56-52-48-44-41-38-35-32-29-26-24-27-30-33-36-39-42-46-50-54-58-62-66-77-71(76)65-61-57-53-49-45-16-14-12-10-8-6-4-2/h24,27,29,32,59,63,68-69,73-74H,3-23,25-26,28,30-31,33-58,60-62,64-67H2,1-2H3,(H,72,75)/b27-24-,32-29-,63-59+. The van der Waals surface area contributed by atoms with Crippen LogP contribution >= 0.6 is 0 Å². The molecule has 0 saturated heterocycles. The van der Waals surface area contributed by atoms with Gasteiger partial charge in [-0.15, -0.1) is 0 Å². The number of carbonyl (C=O) groups excluding carboxylic acids is 2. The van der Waals surface area contributed by atoms with Gasteiger partial charge in [-0.2, -0.15) is 0 Å². The maximum absolute atomic E-state index is 12.5. The first-order valence-corrected chi connectivity index (χ1v) is 34.8. The summed E-state index contributed by atoms with van der Waals surface area (Å²) in [6.07, 6.45) is 85.0. The van der Waals surface area contributed by atoms with E-state index in [1.165, 1.54) is 295 Å². The first-order valence-electron chi connectivity index (χ1n) is 34.8. The minimum atomic E-state index is -0.853. The number of hydrogen-bond acceptors (Lipinski definition) is 5. The molecule has 2 unspecified atom stereocenters. The Morgan fingerprint density at radius 3 is 0.987 bits per heavy atom. The van der Waals surface area contributed by atoms with Gasteiger partial charge in [0, 0.05) is 12.8 Å². The number of unbranched alkanes of at least 4 members (excludes halogenated alkanes) is 50. The highest BCUT2D eigenvalue weighted by Crippen LogP contribution is 2.18. The third-order valence-corrected chi connectivity index (χ3v) is 16.2. The molecule has 6 heteroatoms. The fourth-order valence-corrected chi connectivity index (χ4v) is 10.8. The van der Waals surface area contributed by atoms with E-state index in [-0.39, 0.29) is 18.5 Å². The summed E-state index contributed by atoms with van der Waals surface area (Å²) in [5.74, 6) is -0.0669. The van der Waals surface area contributed by atoms with Gasteiger partial charge in [-0.05, 0) is 64.2 Å². The van der Waals surface area contributed by atoms with E-state index in [0.29, 0.717) is 19.4 Å². The Balaban J connectivity index is 3.48. The maximum atomic E-state index is 12.5. The van der Waals surface area contributed by atoms with Crippen LogP contribution in [0.1, 0.15) is 380 Å². The number of amides is 1. The first kappa shape index (κ1) is 75.1. The average Bonchev–Trinajstić information content (AvgIpc) is 3.43. The molecule has 0 spiro atoms. The van der Waals surface area contributed by atoms with Gasteiger partial charge in [0.05, 0.1) is 25.4 Å². The number of aliphatic hydroxyl groups is 2. The Morgan fingerprint density at radius 2 is 0.649 bits per heavy atom. The topological polar surface area (TPSA) is 95.9 Å². The highest BCUT2D eigenvalue weighted by Gasteiger charge is 2.18. The fourth-order valence-electron chi connectivity index (χ4n) is 10.8. The lowest BCUT2D eigenvalue weighted by atomic mass is 10.0. The second-order valence-electron chi connectivity index (χ2n) is 23.9. The number of nitrogens with one attached hydrogen (secondary N) is 1. The van der Waals surface area contributed by atoms with Crippen LogP contribution in [0.2, 0.25) is 0 Å². The molecule has 3 N–H and O–H groups in total. The summed E-state index contributed by atoms with van der Waals surface area (Å²) in [6, 6.07) is -0.637. The fraction of sp³-hybridized carbons (Fsp3) is 0.887. The number of rotatable bonds is 65. The van der Waals surface area contributed by atoms with Gasteiger partial charge in [0.15, 0.2) is 0 Å². The molecule has 0 aromatic carbocycles. The van der Waals surface area contributed by atoms with Crippen LogP contribution in [0.4, 0.5) is 0 Å². The number of allylic oxidation sites excluding steroid dienone is 5. The lowest BCUT2D eigenvalue weighted by Crippen LogP contribution is -2.45. The molecule has 0 heterocycles. The van der Waals surface area contributed by atoms with Crippen LogP contribution < -0.4 is 5.32 Å². The second kappa shape index (κ2) is 66.6. The summed E-state index contributed by atoms with van der Waals surface area (Å²) in [4.78, 5) is 24.6. The maximum Gasteiger partial charge on any atom is 0.305 e. The van der Waals surface area contributed by atoms with E-state index in [2.05, 4.69) is 43.5 Å². The van der Waals surface area contributed by atoms with E-state index >= 15 is 0 Å². The van der Waals surface area contributed by atoms with Crippen molar-refractivity contribution in [1.29, 1.82) is 0 Å². The molecule has 0 radical (unpaired) electrons. The third-order valence-electron chi connectivity index (χ3n) is 16.2. The Bertz CT molecular complexity index is 1250. The van der Waals surface area contributed by atoms with Gasteiger partial charge in [-0.25, -0.2) is 0 Å². The van der Waals surface area contributed by atoms with Crippen LogP contribution in [0.3, 0.4) is 0 Å². The molecule has 0 saturated carbocycles. The summed E-state index contributed by atoms with van der Waals surface area (Å²) >= 11 is 0. The first-order chi connectivity index (χ1) is 38.0. The van der Waals surface area contributed by atoms with E-state index in [1.807, 2.05) is 6.08 Å². The summed E-state index contributed by atoms with van der Waals surface area (Å²) in [7, 11) is 0. The van der Waals surface area contributed by atoms with Crippen LogP contribution in [0.25, 0.3) is 0 Å². The van der Waals surface area contributed by atoms with Crippen molar-refractivity contribution < 1.29 is 24.5 Å². The van der Waals surface area contributed by atoms with Crippen molar-refractivity contribution in [2.24, 2.45) is 0 Å². The number of carbonyl (C=O) groups is 2. The summed E-state index contributed by atoms with van der Waals surface area (Å²) in [5.41, 5.74) is 0. The third kappa shape index (κ3) is 63.1. The van der Waals surface area contributed by atoms with Crippen molar-refractivity contribution >= 4 is 11.9 Å². The normalized spacial score (nSPS) is 12.7. The highest BCUT2D eigenvalue weighted by molar-refractivity contribution is 5.76. The van der Waals surface area contributed by atoms with Crippen molar-refractivity contribution in [3.8, 4) is 0 Å². The number of aliphatic hydroxyl groups excluding tert-OH is 2. The minimum Gasteiger partial charge on any atom is -0.466 e.